The van der Waals surface area contributed by atoms with Crippen molar-refractivity contribution in [3.8, 4) is 17.2 Å². The van der Waals surface area contributed by atoms with Gasteiger partial charge >= 0.3 is 0 Å². The van der Waals surface area contributed by atoms with E-state index in [1.54, 1.807) is 43.7 Å². The molecular formula is C26H28N4O4S. The molecule has 0 saturated carbocycles. The topological polar surface area (TPSA) is 108 Å². The second kappa shape index (κ2) is 13.7. The van der Waals surface area contributed by atoms with Gasteiger partial charge in [0.25, 0.3) is 5.91 Å². The Balaban J connectivity index is 1.57. The summed E-state index contributed by atoms with van der Waals surface area (Å²) in [5, 5.41) is 11.3. The molecule has 0 aliphatic carbocycles. The number of amidine groups is 1. The highest BCUT2D eigenvalue weighted by atomic mass is 32.2. The minimum Gasteiger partial charge on any atom is -0.495 e. The van der Waals surface area contributed by atoms with Crippen LogP contribution in [0.1, 0.15) is 18.1 Å². The molecule has 3 aromatic carbocycles. The lowest BCUT2D eigenvalue weighted by Crippen LogP contribution is -2.20. The molecule has 0 spiro atoms. The summed E-state index contributed by atoms with van der Waals surface area (Å²) in [4.78, 5) is 12.4. The first-order valence-corrected chi connectivity index (χ1v) is 11.9. The number of methoxy groups -OCH3 is 1. The predicted molar refractivity (Wildman–Crippen MR) is 142 cm³/mol. The minimum absolute atomic E-state index is 0.189. The quantitative estimate of drug-likeness (QED) is 0.228. The van der Waals surface area contributed by atoms with Gasteiger partial charge in [-0.25, -0.2) is 0 Å². The van der Waals surface area contributed by atoms with Gasteiger partial charge in [0.05, 0.1) is 25.6 Å². The van der Waals surface area contributed by atoms with Crippen molar-refractivity contribution < 1.29 is 19.0 Å². The third-order valence-electron chi connectivity index (χ3n) is 4.60. The van der Waals surface area contributed by atoms with E-state index in [1.165, 1.54) is 11.8 Å². The molecule has 0 aliphatic rings. The van der Waals surface area contributed by atoms with Crippen LogP contribution in [0.3, 0.4) is 0 Å². The third kappa shape index (κ3) is 8.38. The predicted octanol–water partition coefficient (Wildman–Crippen LogP) is 4.69. The molecule has 3 N–H and O–H groups in total. The lowest BCUT2D eigenvalue weighted by molar-refractivity contribution is -0.118. The molecular weight excluding hydrogens is 464 g/mol. The van der Waals surface area contributed by atoms with Crippen molar-refractivity contribution in [3.63, 3.8) is 0 Å². The van der Waals surface area contributed by atoms with Crippen LogP contribution in [-0.4, -0.2) is 37.6 Å². The van der Waals surface area contributed by atoms with Crippen molar-refractivity contribution in [2.45, 2.75) is 12.7 Å². The Morgan fingerprint density at radius 3 is 2.54 bits per heavy atom. The van der Waals surface area contributed by atoms with Crippen LogP contribution in [0.2, 0.25) is 0 Å². The number of carbonyl (C=O) groups is 1. The van der Waals surface area contributed by atoms with Crippen LogP contribution in [0, 0.1) is 0 Å². The molecule has 0 bridgehead atoms. The van der Waals surface area contributed by atoms with E-state index in [0.717, 1.165) is 16.9 Å². The number of nitrogens with two attached hydrogens (primary N) is 1. The average Bonchev–Trinajstić information content (AvgIpc) is 2.88. The molecule has 0 radical (unpaired) electrons. The van der Waals surface area contributed by atoms with E-state index in [2.05, 4.69) is 15.5 Å². The average molecular weight is 493 g/mol. The first-order chi connectivity index (χ1) is 17.1. The highest BCUT2D eigenvalue weighted by molar-refractivity contribution is 8.13. The van der Waals surface area contributed by atoms with Gasteiger partial charge in [0.15, 0.2) is 23.3 Å². The van der Waals surface area contributed by atoms with E-state index in [-0.39, 0.29) is 12.5 Å². The Hall–Kier alpha value is -3.98. The van der Waals surface area contributed by atoms with Crippen molar-refractivity contribution in [1.29, 1.82) is 0 Å². The van der Waals surface area contributed by atoms with Crippen molar-refractivity contribution in [2.24, 2.45) is 15.9 Å². The van der Waals surface area contributed by atoms with Gasteiger partial charge in [0.1, 0.15) is 5.75 Å². The number of nitrogens with zero attached hydrogens (tertiary/aromatic N) is 2. The Kier molecular flexibility index (Phi) is 10.0. The second-order valence-corrected chi connectivity index (χ2v) is 8.13. The van der Waals surface area contributed by atoms with Crippen LogP contribution in [0.15, 0.2) is 83.0 Å². The monoisotopic (exact) mass is 492 g/mol. The molecule has 0 heterocycles. The van der Waals surface area contributed by atoms with Crippen LogP contribution in [0.25, 0.3) is 0 Å². The number of nitrogens with one attached hydrogen (secondary N) is 1. The van der Waals surface area contributed by atoms with Gasteiger partial charge in [-0.3, -0.25) is 4.79 Å². The van der Waals surface area contributed by atoms with Crippen molar-refractivity contribution in [1.82, 2.24) is 0 Å². The lowest BCUT2D eigenvalue weighted by Gasteiger charge is -2.13. The highest BCUT2D eigenvalue weighted by Crippen LogP contribution is 2.28. The van der Waals surface area contributed by atoms with E-state index in [9.17, 15) is 4.79 Å². The normalized spacial score (nSPS) is 11.3. The molecule has 0 fully saturated rings. The molecule has 8 nitrogen and oxygen atoms in total. The lowest BCUT2D eigenvalue weighted by atomic mass is 10.2. The fourth-order valence-corrected chi connectivity index (χ4v) is 3.59. The smallest absolute Gasteiger partial charge is 0.262 e. The molecule has 35 heavy (non-hydrogen) atoms. The van der Waals surface area contributed by atoms with Gasteiger partial charge in [-0.1, -0.05) is 54.2 Å². The maximum Gasteiger partial charge on any atom is 0.262 e. The van der Waals surface area contributed by atoms with Gasteiger partial charge < -0.3 is 25.3 Å². The molecule has 182 valence electrons. The maximum absolute atomic E-state index is 12.4. The summed E-state index contributed by atoms with van der Waals surface area (Å²) in [5.41, 5.74) is 8.42. The van der Waals surface area contributed by atoms with Crippen molar-refractivity contribution in [2.75, 3.05) is 25.6 Å². The molecule has 1 amide bonds. The molecule has 3 rings (SSSR count). The number of benzene rings is 3. The van der Waals surface area contributed by atoms with Gasteiger partial charge in [-0.2, -0.15) is 5.10 Å². The zero-order chi connectivity index (χ0) is 24.9. The number of hydrogen-bond acceptors (Lipinski definition) is 7. The Bertz CT molecular complexity index is 1170. The zero-order valence-corrected chi connectivity index (χ0v) is 20.5. The Morgan fingerprint density at radius 1 is 1.00 bits per heavy atom. The number of thioether (sulfide) groups is 1. The van der Waals surface area contributed by atoms with E-state index in [0.29, 0.717) is 34.7 Å². The molecule has 0 aromatic heterocycles. The van der Waals surface area contributed by atoms with Gasteiger partial charge in [-0.05, 0) is 48.4 Å². The summed E-state index contributed by atoms with van der Waals surface area (Å²) < 4.78 is 16.6. The third-order valence-corrected chi connectivity index (χ3v) is 5.46. The molecule has 3 aromatic rings. The summed E-state index contributed by atoms with van der Waals surface area (Å²) in [5.74, 6) is 1.91. The first kappa shape index (κ1) is 25.6. The van der Waals surface area contributed by atoms with Gasteiger partial charge in [0, 0.05) is 5.75 Å². The van der Waals surface area contributed by atoms with E-state index in [4.69, 9.17) is 19.9 Å². The van der Waals surface area contributed by atoms with Crippen molar-refractivity contribution >= 4 is 34.7 Å². The Morgan fingerprint density at radius 2 is 1.77 bits per heavy atom. The Labute approximate surface area is 209 Å². The maximum atomic E-state index is 12.4. The summed E-state index contributed by atoms with van der Waals surface area (Å²) >= 11 is 1.41. The summed E-state index contributed by atoms with van der Waals surface area (Å²) in [6.45, 7) is 2.12. The fourth-order valence-electron chi connectivity index (χ4n) is 2.98. The first-order valence-electron chi connectivity index (χ1n) is 10.9. The number of amides is 1. The summed E-state index contributed by atoms with van der Waals surface area (Å²) in [6, 6.07) is 22.4. The largest absolute Gasteiger partial charge is 0.495 e. The van der Waals surface area contributed by atoms with Crippen LogP contribution >= 0.6 is 11.8 Å². The number of anilines is 1. The number of ether oxygens (including phenoxy) is 3. The zero-order valence-electron chi connectivity index (χ0n) is 19.6. The van der Waals surface area contributed by atoms with Gasteiger partial charge in [0.2, 0.25) is 0 Å². The van der Waals surface area contributed by atoms with E-state index >= 15 is 0 Å². The molecule has 0 atom stereocenters. The van der Waals surface area contributed by atoms with Gasteiger partial charge in [-0.15, -0.1) is 5.10 Å². The SMILES string of the molecule is CCOc1cc(C=NN=C(N)SCc2ccccc2)ccc1OCC(=O)Nc1ccccc1OC. The summed E-state index contributed by atoms with van der Waals surface area (Å²) in [7, 11) is 1.55. The van der Waals surface area contributed by atoms with Crippen molar-refractivity contribution in [3.05, 3.63) is 83.9 Å². The number of carbonyl (C=O) groups excluding carboxylic acids is 1. The fraction of sp³-hybridized carbons (Fsp3) is 0.192. The number of hydrogen-bond donors (Lipinski definition) is 2. The standard InChI is InChI=1S/C26H28N4O4S/c1-3-33-24-15-20(16-28-30-26(27)35-18-19-9-5-4-6-10-19)13-14-23(24)34-17-25(31)29-21-11-7-8-12-22(21)32-2/h4-16H,3,17-18H2,1-2H3,(H2,27,30)(H,29,31). The molecule has 0 saturated heterocycles. The van der Waals surface area contributed by atoms with Crippen LogP contribution in [0.5, 0.6) is 17.2 Å². The molecule has 0 unspecified atom stereocenters. The van der Waals surface area contributed by atoms with E-state index in [1.807, 2.05) is 49.4 Å². The summed E-state index contributed by atoms with van der Waals surface area (Å²) in [6.07, 6.45) is 1.58. The van der Waals surface area contributed by atoms with E-state index < -0.39 is 0 Å². The highest BCUT2D eigenvalue weighted by Gasteiger charge is 2.11. The second-order valence-electron chi connectivity index (χ2n) is 7.13. The number of para-hydroxylation sites is 2. The minimum atomic E-state index is -0.319. The van der Waals surface area contributed by atoms with Crippen LogP contribution in [-0.2, 0) is 10.5 Å². The van der Waals surface area contributed by atoms with Crippen LogP contribution in [0.4, 0.5) is 5.69 Å². The molecule has 9 heteroatoms. The molecule has 0 aliphatic heterocycles. The van der Waals surface area contributed by atoms with Crippen LogP contribution < -0.4 is 25.3 Å². The number of rotatable bonds is 11.